The van der Waals surface area contributed by atoms with Crippen LogP contribution in [-0.4, -0.2) is 32.4 Å². The summed E-state index contributed by atoms with van der Waals surface area (Å²) in [5.74, 6) is -1.27. The Labute approximate surface area is 135 Å². The molecule has 0 radical (unpaired) electrons. The first-order valence-electron chi connectivity index (χ1n) is 7.32. The minimum atomic E-state index is -3.53. The number of nitrogens with one attached hydrogen (secondary N) is 2. The van der Waals surface area contributed by atoms with E-state index in [1.54, 1.807) is 12.1 Å². The first kappa shape index (κ1) is 17.4. The predicted octanol–water partition coefficient (Wildman–Crippen LogP) is 0.856. The van der Waals surface area contributed by atoms with Gasteiger partial charge in [-0.3, -0.25) is 9.59 Å². The number of carboxylic acids is 1. The maximum Gasteiger partial charge on any atom is 0.310 e. The number of amides is 1. The molecule has 0 heterocycles. The van der Waals surface area contributed by atoms with E-state index in [0.717, 1.165) is 6.42 Å². The molecule has 0 aromatic heterocycles. The first-order chi connectivity index (χ1) is 10.8. The van der Waals surface area contributed by atoms with Crippen LogP contribution in [0.15, 0.2) is 29.2 Å². The van der Waals surface area contributed by atoms with E-state index in [1.165, 1.54) is 19.2 Å². The topological polar surface area (TPSA) is 113 Å². The van der Waals surface area contributed by atoms with E-state index in [-0.39, 0.29) is 23.8 Å². The number of hydrogen-bond acceptors (Lipinski definition) is 4. The second-order valence-electron chi connectivity index (χ2n) is 5.75. The molecule has 1 aromatic rings. The molecule has 0 atom stereocenters. The number of carboxylic acid groups (broad SMARTS) is 1. The molecule has 1 aliphatic rings. The predicted molar refractivity (Wildman–Crippen MR) is 83.1 cm³/mol. The maximum atomic E-state index is 12.0. The fourth-order valence-corrected chi connectivity index (χ4v) is 3.38. The number of rotatable bonds is 7. The van der Waals surface area contributed by atoms with Crippen molar-refractivity contribution in [2.24, 2.45) is 5.41 Å². The molecule has 0 saturated heterocycles. The molecule has 0 bridgehead atoms. The van der Waals surface area contributed by atoms with E-state index in [2.05, 4.69) is 10.0 Å². The van der Waals surface area contributed by atoms with Crippen molar-refractivity contribution in [2.45, 2.75) is 37.1 Å². The zero-order valence-corrected chi connectivity index (χ0v) is 13.6. The minimum absolute atomic E-state index is 0.0448. The van der Waals surface area contributed by atoms with Gasteiger partial charge in [0.2, 0.25) is 15.9 Å². The average Bonchev–Trinajstić information content (AvgIpc) is 2.48. The molecule has 1 amide bonds. The van der Waals surface area contributed by atoms with Gasteiger partial charge in [-0.15, -0.1) is 0 Å². The van der Waals surface area contributed by atoms with Gasteiger partial charge in [0.25, 0.3) is 0 Å². The molecule has 0 spiro atoms. The van der Waals surface area contributed by atoms with Gasteiger partial charge in [-0.1, -0.05) is 18.6 Å². The van der Waals surface area contributed by atoms with Gasteiger partial charge < -0.3 is 10.4 Å². The molecular weight excluding hydrogens is 320 g/mol. The number of hydrogen-bond donors (Lipinski definition) is 3. The van der Waals surface area contributed by atoms with Gasteiger partial charge in [0.05, 0.1) is 10.3 Å². The molecule has 0 unspecified atom stereocenters. The Morgan fingerprint density at radius 1 is 1.30 bits per heavy atom. The Morgan fingerprint density at radius 2 is 2.00 bits per heavy atom. The zero-order chi connectivity index (χ0) is 17.1. The Morgan fingerprint density at radius 3 is 2.52 bits per heavy atom. The molecule has 8 heteroatoms. The molecule has 2 rings (SSSR count). The standard InChI is InChI=1S/C15H20N2O5S/c1-16-23(21,22)12-5-2-4-11(8-12)10-17-13(18)9-15(14(19)20)6-3-7-15/h2,4-5,8,16H,3,6-7,9-10H2,1H3,(H,17,18)(H,19,20). The lowest BCUT2D eigenvalue weighted by atomic mass is 9.66. The van der Waals surface area contributed by atoms with Gasteiger partial charge >= 0.3 is 5.97 Å². The third-order valence-corrected chi connectivity index (χ3v) is 5.64. The highest BCUT2D eigenvalue weighted by Crippen LogP contribution is 2.44. The fourth-order valence-electron chi connectivity index (χ4n) is 2.58. The number of sulfonamides is 1. The molecule has 1 saturated carbocycles. The van der Waals surface area contributed by atoms with Crippen molar-refractivity contribution in [3.05, 3.63) is 29.8 Å². The van der Waals surface area contributed by atoms with Gasteiger partial charge in [0, 0.05) is 13.0 Å². The third kappa shape index (κ3) is 3.89. The summed E-state index contributed by atoms with van der Waals surface area (Å²) in [6.45, 7) is 0.154. The van der Waals surface area contributed by atoms with Crippen LogP contribution >= 0.6 is 0 Å². The zero-order valence-electron chi connectivity index (χ0n) is 12.8. The summed E-state index contributed by atoms with van der Waals surface area (Å²) in [6, 6.07) is 6.23. The van der Waals surface area contributed by atoms with E-state index in [9.17, 15) is 23.1 Å². The quantitative estimate of drug-likeness (QED) is 0.681. The van der Waals surface area contributed by atoms with Crippen molar-refractivity contribution in [1.29, 1.82) is 0 Å². The van der Waals surface area contributed by atoms with Crippen LogP contribution in [0.5, 0.6) is 0 Å². The minimum Gasteiger partial charge on any atom is -0.481 e. The average molecular weight is 340 g/mol. The van der Waals surface area contributed by atoms with Gasteiger partial charge in [-0.2, -0.15) is 0 Å². The van der Waals surface area contributed by atoms with Crippen molar-refractivity contribution in [2.75, 3.05) is 7.05 Å². The monoisotopic (exact) mass is 340 g/mol. The molecular formula is C15H20N2O5S. The van der Waals surface area contributed by atoms with Crippen molar-refractivity contribution in [1.82, 2.24) is 10.0 Å². The van der Waals surface area contributed by atoms with Crippen molar-refractivity contribution < 1.29 is 23.1 Å². The lowest BCUT2D eigenvalue weighted by Gasteiger charge is -2.36. The summed E-state index contributed by atoms with van der Waals surface area (Å²) < 4.78 is 25.7. The van der Waals surface area contributed by atoms with Gasteiger partial charge in [0.15, 0.2) is 0 Å². The Balaban J connectivity index is 1.97. The molecule has 0 aliphatic heterocycles. The van der Waals surface area contributed by atoms with Crippen LogP contribution in [0.2, 0.25) is 0 Å². The molecule has 7 nitrogen and oxygen atoms in total. The highest BCUT2D eigenvalue weighted by atomic mass is 32.2. The number of aliphatic carboxylic acids is 1. The van der Waals surface area contributed by atoms with E-state index in [1.807, 2.05) is 0 Å². The number of carbonyl (C=O) groups is 2. The van der Waals surface area contributed by atoms with Crippen molar-refractivity contribution in [3.63, 3.8) is 0 Å². The number of carbonyl (C=O) groups excluding carboxylic acids is 1. The summed E-state index contributed by atoms with van der Waals surface area (Å²) in [7, 11) is -2.21. The lowest BCUT2D eigenvalue weighted by molar-refractivity contribution is -0.157. The maximum absolute atomic E-state index is 12.0. The van der Waals surface area contributed by atoms with Gasteiger partial charge in [0.1, 0.15) is 0 Å². The van der Waals surface area contributed by atoms with Crippen molar-refractivity contribution >= 4 is 21.9 Å². The Kier molecular flexibility index (Phi) is 5.06. The SMILES string of the molecule is CNS(=O)(=O)c1cccc(CNC(=O)CC2(C(=O)O)CCC2)c1. The largest absolute Gasteiger partial charge is 0.481 e. The second kappa shape index (κ2) is 6.67. The highest BCUT2D eigenvalue weighted by molar-refractivity contribution is 7.89. The summed E-state index contributed by atoms with van der Waals surface area (Å²) in [6.07, 6.45) is 1.82. The highest BCUT2D eigenvalue weighted by Gasteiger charge is 2.45. The van der Waals surface area contributed by atoms with Crippen LogP contribution < -0.4 is 10.0 Å². The third-order valence-electron chi connectivity index (χ3n) is 4.23. The fraction of sp³-hybridized carbons (Fsp3) is 0.467. The smallest absolute Gasteiger partial charge is 0.310 e. The van der Waals surface area contributed by atoms with Crippen LogP contribution in [0.3, 0.4) is 0 Å². The number of benzene rings is 1. The summed E-state index contributed by atoms with van der Waals surface area (Å²) >= 11 is 0. The molecule has 1 fully saturated rings. The molecule has 126 valence electrons. The normalized spacial score (nSPS) is 16.4. The summed E-state index contributed by atoms with van der Waals surface area (Å²) in [4.78, 5) is 23.3. The lowest BCUT2D eigenvalue weighted by Crippen LogP contribution is -2.42. The second-order valence-corrected chi connectivity index (χ2v) is 7.63. The van der Waals surface area contributed by atoms with Crippen LogP contribution in [0.4, 0.5) is 0 Å². The summed E-state index contributed by atoms with van der Waals surface area (Å²) in [5, 5.41) is 11.9. The summed E-state index contributed by atoms with van der Waals surface area (Å²) in [5.41, 5.74) is -0.297. The van der Waals surface area contributed by atoms with Crippen molar-refractivity contribution in [3.8, 4) is 0 Å². The van der Waals surface area contributed by atoms with E-state index in [0.29, 0.717) is 18.4 Å². The van der Waals surface area contributed by atoms with E-state index < -0.39 is 21.4 Å². The Hall–Kier alpha value is -1.93. The van der Waals surface area contributed by atoms with Crippen LogP contribution in [0, 0.1) is 5.41 Å². The molecule has 1 aliphatic carbocycles. The first-order valence-corrected chi connectivity index (χ1v) is 8.80. The Bertz CT molecular complexity index is 710. The van der Waals surface area contributed by atoms with E-state index >= 15 is 0 Å². The van der Waals surface area contributed by atoms with Crippen LogP contribution in [-0.2, 0) is 26.2 Å². The van der Waals surface area contributed by atoms with Crippen LogP contribution in [0.25, 0.3) is 0 Å². The van der Waals surface area contributed by atoms with Gasteiger partial charge in [-0.05, 0) is 37.6 Å². The van der Waals surface area contributed by atoms with E-state index in [4.69, 9.17) is 0 Å². The van der Waals surface area contributed by atoms with Crippen LogP contribution in [0.1, 0.15) is 31.2 Å². The molecule has 3 N–H and O–H groups in total. The van der Waals surface area contributed by atoms with Gasteiger partial charge in [-0.25, -0.2) is 13.1 Å². The molecule has 23 heavy (non-hydrogen) atoms. The molecule has 1 aromatic carbocycles.